The molecule has 0 N–H and O–H groups in total. The van der Waals surface area contributed by atoms with Gasteiger partial charge in [0.1, 0.15) is 5.78 Å². The Bertz CT molecular complexity index is 352. The predicted molar refractivity (Wildman–Crippen MR) is 84.1 cm³/mol. The van der Waals surface area contributed by atoms with Gasteiger partial charge in [0.2, 0.25) is 5.91 Å². The van der Waals surface area contributed by atoms with Crippen molar-refractivity contribution in [3.63, 3.8) is 0 Å². The van der Waals surface area contributed by atoms with Crippen LogP contribution in [-0.4, -0.2) is 53.7 Å². The zero-order chi connectivity index (χ0) is 15.2. The summed E-state index contributed by atoms with van der Waals surface area (Å²) < 4.78 is 0. The van der Waals surface area contributed by atoms with Crippen molar-refractivity contribution in [2.24, 2.45) is 5.92 Å². The van der Waals surface area contributed by atoms with Gasteiger partial charge in [-0.25, -0.2) is 0 Å². The van der Waals surface area contributed by atoms with Crippen LogP contribution in [0.15, 0.2) is 0 Å². The molecule has 1 amide bonds. The highest BCUT2D eigenvalue weighted by molar-refractivity contribution is 5.84. The average Bonchev–Trinajstić information content (AvgIpc) is 2.97. The van der Waals surface area contributed by atoms with E-state index in [1.54, 1.807) is 0 Å². The molecular weight excluding hydrogens is 264 g/mol. The van der Waals surface area contributed by atoms with Crippen LogP contribution in [0.4, 0.5) is 0 Å². The van der Waals surface area contributed by atoms with Gasteiger partial charge in [-0.15, -0.1) is 0 Å². The number of carbonyl (C=O) groups is 2. The fraction of sp³-hybridized carbons (Fsp3) is 0.882. The first-order valence-electron chi connectivity index (χ1n) is 8.60. The number of piperidine rings is 1. The molecule has 2 fully saturated rings. The van der Waals surface area contributed by atoms with Crippen molar-refractivity contribution < 1.29 is 9.59 Å². The molecule has 0 aromatic heterocycles. The molecule has 0 radical (unpaired) electrons. The van der Waals surface area contributed by atoms with Crippen molar-refractivity contribution in [2.75, 3.05) is 26.2 Å². The molecule has 0 spiro atoms. The molecule has 120 valence electrons. The summed E-state index contributed by atoms with van der Waals surface area (Å²) in [6, 6.07) is 0.596. The number of rotatable bonds is 6. The fourth-order valence-corrected chi connectivity index (χ4v) is 3.36. The fourth-order valence-electron chi connectivity index (χ4n) is 3.36. The van der Waals surface area contributed by atoms with Gasteiger partial charge in [0.05, 0.1) is 6.54 Å². The van der Waals surface area contributed by atoms with Gasteiger partial charge in [0, 0.05) is 32.0 Å². The number of hydrogen-bond donors (Lipinski definition) is 0. The van der Waals surface area contributed by atoms with Gasteiger partial charge < -0.3 is 4.90 Å². The van der Waals surface area contributed by atoms with Gasteiger partial charge in [-0.3, -0.25) is 14.5 Å². The van der Waals surface area contributed by atoms with Crippen LogP contribution in [0, 0.1) is 5.92 Å². The molecule has 0 aromatic rings. The predicted octanol–water partition coefficient (Wildman–Crippen LogP) is 2.47. The standard InChI is InChI=1S/C17H30N2O2/c1-14(2)7-10-19(15-5-3-4-6-15)13-17(21)18-11-8-16(20)9-12-18/h14-15H,3-13H2,1-2H3. The third kappa shape index (κ3) is 5.10. The van der Waals surface area contributed by atoms with Gasteiger partial charge >= 0.3 is 0 Å². The maximum Gasteiger partial charge on any atom is 0.236 e. The van der Waals surface area contributed by atoms with Crippen molar-refractivity contribution in [3.05, 3.63) is 0 Å². The first kappa shape index (κ1) is 16.5. The zero-order valence-electron chi connectivity index (χ0n) is 13.6. The maximum absolute atomic E-state index is 12.5. The minimum absolute atomic E-state index is 0.221. The van der Waals surface area contributed by atoms with Crippen LogP contribution in [0.3, 0.4) is 0 Å². The van der Waals surface area contributed by atoms with Crippen molar-refractivity contribution in [2.45, 2.75) is 64.8 Å². The van der Waals surface area contributed by atoms with E-state index in [4.69, 9.17) is 0 Å². The van der Waals surface area contributed by atoms with Crippen molar-refractivity contribution in [1.29, 1.82) is 0 Å². The van der Waals surface area contributed by atoms with E-state index < -0.39 is 0 Å². The molecule has 1 aliphatic carbocycles. The van der Waals surface area contributed by atoms with E-state index in [-0.39, 0.29) is 5.91 Å². The first-order valence-corrected chi connectivity index (χ1v) is 8.60. The Morgan fingerprint density at radius 2 is 1.86 bits per heavy atom. The number of nitrogens with zero attached hydrogens (tertiary/aromatic N) is 2. The van der Waals surface area contributed by atoms with Gasteiger partial charge in [-0.1, -0.05) is 26.7 Å². The van der Waals surface area contributed by atoms with Gasteiger partial charge in [-0.2, -0.15) is 0 Å². The molecule has 1 aliphatic heterocycles. The molecule has 4 heteroatoms. The summed E-state index contributed by atoms with van der Waals surface area (Å²) in [7, 11) is 0. The number of carbonyl (C=O) groups excluding carboxylic acids is 2. The Hall–Kier alpha value is -0.900. The normalized spacial score (nSPS) is 20.8. The zero-order valence-corrected chi connectivity index (χ0v) is 13.6. The molecule has 2 rings (SSSR count). The van der Waals surface area contributed by atoms with Gasteiger partial charge in [-0.05, 0) is 31.7 Å². The van der Waals surface area contributed by atoms with Crippen LogP contribution in [0.2, 0.25) is 0 Å². The summed E-state index contributed by atoms with van der Waals surface area (Å²) in [6.45, 7) is 7.31. The number of ketones is 1. The summed E-state index contributed by atoms with van der Waals surface area (Å²) in [5, 5.41) is 0. The molecular formula is C17H30N2O2. The number of amides is 1. The second-order valence-electron chi connectivity index (χ2n) is 7.01. The van der Waals surface area contributed by atoms with E-state index in [1.165, 1.54) is 25.7 Å². The van der Waals surface area contributed by atoms with E-state index in [0.29, 0.717) is 50.2 Å². The quantitative estimate of drug-likeness (QED) is 0.755. The van der Waals surface area contributed by atoms with E-state index in [9.17, 15) is 9.59 Å². The lowest BCUT2D eigenvalue weighted by Gasteiger charge is -2.33. The van der Waals surface area contributed by atoms with Crippen molar-refractivity contribution in [1.82, 2.24) is 9.80 Å². The third-order valence-corrected chi connectivity index (χ3v) is 4.85. The van der Waals surface area contributed by atoms with Crippen LogP contribution in [0.25, 0.3) is 0 Å². The van der Waals surface area contributed by atoms with Crippen molar-refractivity contribution in [3.8, 4) is 0 Å². The first-order chi connectivity index (χ1) is 10.1. The number of Topliss-reactive ketones (excluding diaryl/α,β-unsaturated/α-hetero) is 1. The summed E-state index contributed by atoms with van der Waals surface area (Å²) >= 11 is 0. The molecule has 2 aliphatic rings. The SMILES string of the molecule is CC(C)CCN(CC(=O)N1CCC(=O)CC1)C1CCCC1. The summed E-state index contributed by atoms with van der Waals surface area (Å²) in [5.74, 6) is 1.20. The highest BCUT2D eigenvalue weighted by atomic mass is 16.2. The second kappa shape index (κ2) is 7.92. The molecule has 4 nitrogen and oxygen atoms in total. The van der Waals surface area contributed by atoms with Crippen molar-refractivity contribution >= 4 is 11.7 Å². The summed E-state index contributed by atoms with van der Waals surface area (Å²) in [6.07, 6.45) is 7.32. The molecule has 1 saturated carbocycles. The lowest BCUT2D eigenvalue weighted by atomic mass is 10.1. The smallest absolute Gasteiger partial charge is 0.236 e. The minimum atomic E-state index is 0.221. The molecule has 0 bridgehead atoms. The third-order valence-electron chi connectivity index (χ3n) is 4.85. The largest absolute Gasteiger partial charge is 0.341 e. The summed E-state index contributed by atoms with van der Waals surface area (Å²) in [5.41, 5.74) is 0. The lowest BCUT2D eigenvalue weighted by molar-refractivity contribution is -0.136. The maximum atomic E-state index is 12.5. The molecule has 1 heterocycles. The molecule has 0 atom stereocenters. The number of likely N-dealkylation sites (tertiary alicyclic amines) is 1. The topological polar surface area (TPSA) is 40.6 Å². The monoisotopic (exact) mass is 294 g/mol. The Kier molecular flexibility index (Phi) is 6.22. The highest BCUT2D eigenvalue weighted by Gasteiger charge is 2.27. The van der Waals surface area contributed by atoms with Crippen LogP contribution < -0.4 is 0 Å². The van der Waals surface area contributed by atoms with Crippen LogP contribution in [0.1, 0.15) is 58.8 Å². The molecule has 0 unspecified atom stereocenters. The second-order valence-corrected chi connectivity index (χ2v) is 7.01. The Morgan fingerprint density at radius 1 is 1.24 bits per heavy atom. The van der Waals surface area contributed by atoms with Crippen LogP contribution >= 0.6 is 0 Å². The molecule has 1 saturated heterocycles. The molecule has 21 heavy (non-hydrogen) atoms. The Morgan fingerprint density at radius 3 is 2.43 bits per heavy atom. The van der Waals surface area contributed by atoms with Crippen LogP contribution in [0.5, 0.6) is 0 Å². The lowest BCUT2D eigenvalue weighted by Crippen LogP contribution is -2.47. The Balaban J connectivity index is 1.87. The van der Waals surface area contributed by atoms with E-state index in [2.05, 4.69) is 18.7 Å². The minimum Gasteiger partial charge on any atom is -0.341 e. The van der Waals surface area contributed by atoms with Gasteiger partial charge in [0.25, 0.3) is 0 Å². The van der Waals surface area contributed by atoms with E-state index in [1.807, 2.05) is 4.90 Å². The van der Waals surface area contributed by atoms with Gasteiger partial charge in [0.15, 0.2) is 0 Å². The summed E-state index contributed by atoms with van der Waals surface area (Å²) in [4.78, 5) is 28.1. The van der Waals surface area contributed by atoms with E-state index >= 15 is 0 Å². The Labute approximate surface area is 128 Å². The van der Waals surface area contributed by atoms with E-state index in [0.717, 1.165) is 13.0 Å². The number of hydrogen-bond acceptors (Lipinski definition) is 3. The van der Waals surface area contributed by atoms with Crippen LogP contribution in [-0.2, 0) is 9.59 Å². The average molecular weight is 294 g/mol. The molecule has 0 aromatic carbocycles. The highest BCUT2D eigenvalue weighted by Crippen LogP contribution is 2.24.